The van der Waals surface area contributed by atoms with Gasteiger partial charge in [-0.15, -0.1) is 0 Å². The van der Waals surface area contributed by atoms with Crippen molar-refractivity contribution in [1.82, 2.24) is 9.88 Å². The molecule has 2 heterocycles. The summed E-state index contributed by atoms with van der Waals surface area (Å²) in [6, 6.07) is 1.86. The number of anilines is 1. The van der Waals surface area contributed by atoms with E-state index in [0.717, 1.165) is 48.8 Å². The van der Waals surface area contributed by atoms with E-state index in [0.29, 0.717) is 5.92 Å². The highest BCUT2D eigenvalue weighted by Crippen LogP contribution is 2.31. The first-order valence-corrected chi connectivity index (χ1v) is 8.40. The summed E-state index contributed by atoms with van der Waals surface area (Å²) in [5, 5.41) is 10.1. The smallest absolute Gasteiger partial charge is 0.0727 e. The summed E-state index contributed by atoms with van der Waals surface area (Å²) in [4.78, 5) is 6.81. The van der Waals surface area contributed by atoms with Crippen molar-refractivity contribution in [2.24, 2.45) is 5.92 Å². The molecule has 1 aromatic rings. The van der Waals surface area contributed by atoms with E-state index in [1.165, 1.54) is 5.57 Å². The molecular formula is C15H21N3OS. The minimum atomic E-state index is -0.197. The van der Waals surface area contributed by atoms with Crippen LogP contribution < -0.4 is 5.73 Å². The maximum absolute atomic E-state index is 10.1. The van der Waals surface area contributed by atoms with E-state index in [4.69, 9.17) is 5.73 Å². The molecule has 1 saturated heterocycles. The Bertz CT molecular complexity index is 532. The molecule has 0 amide bonds. The molecule has 2 atom stereocenters. The molecule has 5 heteroatoms. The van der Waals surface area contributed by atoms with Crippen molar-refractivity contribution >= 4 is 23.0 Å². The second-order valence-corrected chi connectivity index (χ2v) is 6.55. The van der Waals surface area contributed by atoms with Gasteiger partial charge in [-0.25, -0.2) is 0 Å². The van der Waals surface area contributed by atoms with Gasteiger partial charge in [-0.05, 0) is 30.1 Å². The molecule has 2 aliphatic rings. The Balaban J connectivity index is 1.68. The van der Waals surface area contributed by atoms with Crippen molar-refractivity contribution in [1.29, 1.82) is 0 Å². The van der Waals surface area contributed by atoms with Crippen LogP contribution in [0.5, 0.6) is 0 Å². The number of rotatable bonds is 4. The minimum absolute atomic E-state index is 0.197. The summed E-state index contributed by atoms with van der Waals surface area (Å²) in [6.07, 6.45) is 6.79. The number of aliphatic hydroxyl groups is 1. The molecule has 3 N–H and O–H groups in total. The van der Waals surface area contributed by atoms with Crippen LogP contribution in [0.25, 0.3) is 5.57 Å². The monoisotopic (exact) mass is 291 g/mol. The molecule has 0 saturated carbocycles. The van der Waals surface area contributed by atoms with Crippen LogP contribution in [-0.4, -0.2) is 52.7 Å². The van der Waals surface area contributed by atoms with Crippen molar-refractivity contribution in [3.63, 3.8) is 0 Å². The van der Waals surface area contributed by atoms with Crippen molar-refractivity contribution in [3.05, 3.63) is 29.6 Å². The average Bonchev–Trinajstić information content (AvgIpc) is 2.97. The van der Waals surface area contributed by atoms with Crippen LogP contribution in [0.15, 0.2) is 18.3 Å². The molecule has 20 heavy (non-hydrogen) atoms. The van der Waals surface area contributed by atoms with E-state index in [-0.39, 0.29) is 6.10 Å². The number of nitrogens with zero attached hydrogens (tertiary/aromatic N) is 2. The summed E-state index contributed by atoms with van der Waals surface area (Å²) in [5.74, 6) is 1.42. The second-order valence-electron chi connectivity index (χ2n) is 5.64. The Morgan fingerprint density at radius 3 is 3.15 bits per heavy atom. The van der Waals surface area contributed by atoms with Crippen LogP contribution in [0.4, 0.5) is 5.69 Å². The molecule has 0 bridgehead atoms. The predicted octanol–water partition coefficient (Wildman–Crippen LogP) is 1.26. The van der Waals surface area contributed by atoms with E-state index in [2.05, 4.69) is 22.2 Å². The highest BCUT2D eigenvalue weighted by Gasteiger charge is 2.32. The van der Waals surface area contributed by atoms with Crippen LogP contribution in [0.2, 0.25) is 0 Å². The number of likely N-dealkylation sites (tertiary alicyclic amines) is 1. The Kier molecular flexibility index (Phi) is 4.01. The zero-order valence-electron chi connectivity index (χ0n) is 11.7. The quantitative estimate of drug-likeness (QED) is 0.874. The number of nitrogens with two attached hydrogens (primary N) is 1. The highest BCUT2D eigenvalue weighted by molar-refractivity contribution is 7.98. The number of hydrogen-bond donors (Lipinski definition) is 2. The van der Waals surface area contributed by atoms with Gasteiger partial charge in [-0.2, -0.15) is 11.8 Å². The molecule has 1 aromatic heterocycles. The van der Waals surface area contributed by atoms with E-state index in [1.54, 1.807) is 6.20 Å². The first-order chi connectivity index (χ1) is 9.69. The number of pyridine rings is 1. The molecule has 0 spiro atoms. The van der Waals surface area contributed by atoms with Gasteiger partial charge in [0.1, 0.15) is 0 Å². The van der Waals surface area contributed by atoms with Crippen molar-refractivity contribution in [2.45, 2.75) is 12.5 Å². The number of fused-ring (bicyclic) bond motifs is 1. The fourth-order valence-electron chi connectivity index (χ4n) is 3.15. The third-order valence-electron chi connectivity index (χ3n) is 4.21. The van der Waals surface area contributed by atoms with Crippen molar-refractivity contribution in [2.75, 3.05) is 37.4 Å². The lowest BCUT2D eigenvalue weighted by atomic mass is 10.1. The van der Waals surface area contributed by atoms with Crippen LogP contribution in [-0.2, 0) is 6.42 Å². The summed E-state index contributed by atoms with van der Waals surface area (Å²) < 4.78 is 0. The lowest BCUT2D eigenvalue weighted by Gasteiger charge is -2.16. The molecule has 0 unspecified atom stereocenters. The Morgan fingerprint density at radius 2 is 2.35 bits per heavy atom. The highest BCUT2D eigenvalue weighted by atomic mass is 32.2. The summed E-state index contributed by atoms with van der Waals surface area (Å²) in [5.41, 5.74) is 10.3. The lowest BCUT2D eigenvalue weighted by Crippen LogP contribution is -2.24. The second kappa shape index (κ2) is 5.76. The largest absolute Gasteiger partial charge is 0.398 e. The van der Waals surface area contributed by atoms with Gasteiger partial charge in [0.05, 0.1) is 11.8 Å². The third kappa shape index (κ3) is 2.57. The zero-order chi connectivity index (χ0) is 14.1. The van der Waals surface area contributed by atoms with E-state index in [9.17, 15) is 5.11 Å². The number of aromatic nitrogens is 1. The van der Waals surface area contributed by atoms with E-state index in [1.807, 2.05) is 17.8 Å². The van der Waals surface area contributed by atoms with Gasteiger partial charge in [0.25, 0.3) is 0 Å². The van der Waals surface area contributed by atoms with Gasteiger partial charge < -0.3 is 10.8 Å². The van der Waals surface area contributed by atoms with Crippen LogP contribution in [0.1, 0.15) is 11.3 Å². The van der Waals surface area contributed by atoms with Gasteiger partial charge in [-0.3, -0.25) is 9.88 Å². The topological polar surface area (TPSA) is 62.4 Å². The van der Waals surface area contributed by atoms with E-state index < -0.39 is 0 Å². The zero-order valence-corrected chi connectivity index (χ0v) is 12.6. The van der Waals surface area contributed by atoms with Gasteiger partial charge in [-0.1, -0.05) is 6.08 Å². The molecule has 4 nitrogen and oxygen atoms in total. The normalized spacial score (nSPS) is 25.8. The van der Waals surface area contributed by atoms with Crippen molar-refractivity contribution in [3.8, 4) is 0 Å². The number of nitrogen functional groups attached to an aromatic ring is 1. The Labute approximate surface area is 124 Å². The summed E-state index contributed by atoms with van der Waals surface area (Å²) in [7, 11) is 0. The molecule has 108 valence electrons. The number of β-amino-alcohol motifs (C(OH)–C–C–N with tert-alkyl or cyclic N) is 1. The summed E-state index contributed by atoms with van der Waals surface area (Å²) >= 11 is 1.81. The molecule has 1 aliphatic heterocycles. The molecule has 1 fully saturated rings. The maximum Gasteiger partial charge on any atom is 0.0727 e. The van der Waals surface area contributed by atoms with Gasteiger partial charge in [0, 0.05) is 43.0 Å². The van der Waals surface area contributed by atoms with Crippen LogP contribution in [0, 0.1) is 5.92 Å². The Morgan fingerprint density at radius 1 is 1.50 bits per heavy atom. The third-order valence-corrected chi connectivity index (χ3v) is 4.97. The Hall–Kier alpha value is -1.04. The van der Waals surface area contributed by atoms with Crippen molar-refractivity contribution < 1.29 is 5.11 Å². The molecular weight excluding hydrogens is 270 g/mol. The van der Waals surface area contributed by atoms with Gasteiger partial charge in [0.2, 0.25) is 0 Å². The van der Waals surface area contributed by atoms with Gasteiger partial charge >= 0.3 is 0 Å². The maximum atomic E-state index is 10.1. The van der Waals surface area contributed by atoms with Crippen LogP contribution in [0.3, 0.4) is 0 Å². The molecule has 0 radical (unpaired) electrons. The molecule has 3 rings (SSSR count). The number of aliphatic hydroxyl groups excluding tert-OH is 1. The lowest BCUT2D eigenvalue weighted by molar-refractivity contribution is 0.151. The fourth-order valence-corrected chi connectivity index (χ4v) is 3.90. The van der Waals surface area contributed by atoms with Crippen LogP contribution >= 0.6 is 11.8 Å². The predicted molar refractivity (Wildman–Crippen MR) is 84.6 cm³/mol. The summed E-state index contributed by atoms with van der Waals surface area (Å²) in [6.45, 7) is 2.60. The minimum Gasteiger partial charge on any atom is -0.398 e. The standard InChI is InChI=1S/C15H21N3OS/c1-20-9-11-7-18(8-14(11)19)6-10-2-3-12-13(16)4-5-17-15(10)12/h2,4-5,11,14,19H,3,6-9H2,1H3,(H2,16,17)/t11-,14+/m1/s1. The fraction of sp³-hybridized carbons (Fsp3) is 0.533. The average molecular weight is 291 g/mol. The first-order valence-electron chi connectivity index (χ1n) is 7.01. The van der Waals surface area contributed by atoms with E-state index >= 15 is 0 Å². The molecule has 1 aliphatic carbocycles. The number of hydrogen-bond acceptors (Lipinski definition) is 5. The molecule has 0 aromatic carbocycles. The first kappa shape index (κ1) is 13.9. The number of thioether (sulfide) groups is 1. The SMILES string of the molecule is CSC[C@H]1CN(CC2=CCc3c(N)ccnc32)C[C@@H]1O. The number of allylic oxidation sites excluding steroid dienone is 1. The van der Waals surface area contributed by atoms with Gasteiger partial charge in [0.15, 0.2) is 0 Å².